The number of amides is 2. The lowest BCUT2D eigenvalue weighted by molar-refractivity contribution is -0.163. The van der Waals surface area contributed by atoms with E-state index in [0.29, 0.717) is 29.9 Å². The van der Waals surface area contributed by atoms with Crippen molar-refractivity contribution in [3.8, 4) is 0 Å². The quantitative estimate of drug-likeness (QED) is 0.199. The molecule has 0 aromatic heterocycles. The zero-order valence-corrected chi connectivity index (χ0v) is 28.7. The van der Waals surface area contributed by atoms with E-state index in [-0.39, 0.29) is 24.0 Å². The van der Waals surface area contributed by atoms with Crippen LogP contribution in [-0.4, -0.2) is 90.5 Å². The SMILES string of the molecule is CCOC(CN(C(=O)C(Cc1ccc(Cl)cc1)NC(=O)C(CNS(=O)(=O)c1cc(F)ccc1Cl)NS(C)(=O)=O)C(C)C)OCC. The highest BCUT2D eigenvalue weighted by Crippen LogP contribution is 2.22. The Balaban J connectivity index is 2.42. The first-order valence-electron chi connectivity index (χ1n) is 14.0. The van der Waals surface area contributed by atoms with E-state index < -0.39 is 67.5 Å². The van der Waals surface area contributed by atoms with Crippen molar-refractivity contribution in [2.45, 2.75) is 63.4 Å². The lowest BCUT2D eigenvalue weighted by Crippen LogP contribution is -2.59. The molecule has 2 aromatic rings. The summed E-state index contributed by atoms with van der Waals surface area (Å²) < 4.78 is 79.3. The van der Waals surface area contributed by atoms with E-state index in [1.807, 2.05) is 0 Å². The van der Waals surface area contributed by atoms with Crippen molar-refractivity contribution in [3.63, 3.8) is 0 Å². The van der Waals surface area contributed by atoms with Crippen LogP contribution in [0.25, 0.3) is 0 Å². The number of carbonyl (C=O) groups excluding carboxylic acids is 2. The summed E-state index contributed by atoms with van der Waals surface area (Å²) in [7, 11) is -8.56. The summed E-state index contributed by atoms with van der Waals surface area (Å²) in [5.74, 6) is -2.41. The lowest BCUT2D eigenvalue weighted by Gasteiger charge is -2.34. The number of nitrogens with one attached hydrogen (secondary N) is 3. The first kappa shape index (κ1) is 38.8. The standard InChI is InChI=1S/C28H39Cl2FN4O8S2/c1-6-42-26(43-7-2)17-35(18(3)4)28(37)23(14-19-8-10-20(29)11-9-19)33-27(36)24(34-44(5,38)39)16-32-45(40,41)25-15-21(31)12-13-22(25)30/h8-13,15,18,23-24,26,32,34H,6-7,14,16-17H2,1-5H3,(H,33,36). The van der Waals surface area contributed by atoms with Gasteiger partial charge in [-0.2, -0.15) is 0 Å². The van der Waals surface area contributed by atoms with Crippen molar-refractivity contribution in [1.29, 1.82) is 0 Å². The molecule has 0 spiro atoms. The van der Waals surface area contributed by atoms with E-state index >= 15 is 0 Å². The summed E-state index contributed by atoms with van der Waals surface area (Å²) in [6.07, 6.45) is 0.0145. The average Bonchev–Trinajstić information content (AvgIpc) is 2.95. The minimum Gasteiger partial charge on any atom is -0.351 e. The number of nitrogens with zero attached hydrogens (tertiary/aromatic N) is 1. The molecule has 2 aromatic carbocycles. The van der Waals surface area contributed by atoms with Crippen LogP contribution < -0.4 is 14.8 Å². The molecule has 0 saturated heterocycles. The number of hydrogen-bond donors (Lipinski definition) is 3. The minimum atomic E-state index is -4.50. The van der Waals surface area contributed by atoms with Gasteiger partial charge in [-0.15, -0.1) is 0 Å². The molecule has 45 heavy (non-hydrogen) atoms. The van der Waals surface area contributed by atoms with Gasteiger partial charge in [0, 0.05) is 37.2 Å². The van der Waals surface area contributed by atoms with Gasteiger partial charge in [-0.25, -0.2) is 30.7 Å². The molecular weight excluding hydrogens is 674 g/mol. The molecule has 0 saturated carbocycles. The molecule has 2 atom stereocenters. The van der Waals surface area contributed by atoms with Gasteiger partial charge in [0.05, 0.1) is 17.8 Å². The van der Waals surface area contributed by atoms with Crippen molar-refractivity contribution in [1.82, 2.24) is 19.7 Å². The second-order valence-corrected chi connectivity index (χ2v) is 14.5. The monoisotopic (exact) mass is 712 g/mol. The van der Waals surface area contributed by atoms with Gasteiger partial charge in [0.15, 0.2) is 6.29 Å². The smallest absolute Gasteiger partial charge is 0.245 e. The highest BCUT2D eigenvalue weighted by molar-refractivity contribution is 7.89. The van der Waals surface area contributed by atoms with Crippen LogP contribution in [-0.2, 0) is 45.5 Å². The summed E-state index contributed by atoms with van der Waals surface area (Å²) in [6, 6.07) is 5.94. The molecule has 0 fully saturated rings. The predicted octanol–water partition coefficient (Wildman–Crippen LogP) is 2.69. The van der Waals surface area contributed by atoms with E-state index in [2.05, 4.69) is 14.8 Å². The van der Waals surface area contributed by atoms with Crippen molar-refractivity contribution in [3.05, 3.63) is 63.9 Å². The third kappa shape index (κ3) is 12.7. The molecule has 12 nitrogen and oxygen atoms in total. The molecule has 0 radical (unpaired) electrons. The van der Waals surface area contributed by atoms with Crippen molar-refractivity contribution < 1.29 is 40.3 Å². The summed E-state index contributed by atoms with van der Waals surface area (Å²) >= 11 is 12.0. The maximum atomic E-state index is 14.0. The summed E-state index contributed by atoms with van der Waals surface area (Å²) in [5.41, 5.74) is 0.627. The van der Waals surface area contributed by atoms with Crippen LogP contribution >= 0.6 is 23.2 Å². The Hall–Kier alpha value is -2.37. The second-order valence-electron chi connectivity index (χ2n) is 10.2. The number of ether oxygens (including phenoxy) is 2. The molecule has 0 aliphatic rings. The maximum Gasteiger partial charge on any atom is 0.245 e. The first-order chi connectivity index (χ1) is 21.0. The number of sulfonamides is 2. The van der Waals surface area contributed by atoms with Crippen LogP contribution in [0.3, 0.4) is 0 Å². The van der Waals surface area contributed by atoms with Crippen LogP contribution in [0, 0.1) is 5.82 Å². The number of carbonyl (C=O) groups is 2. The Morgan fingerprint density at radius 2 is 1.56 bits per heavy atom. The Morgan fingerprint density at radius 3 is 2.09 bits per heavy atom. The number of halogens is 3. The Bertz CT molecular complexity index is 1510. The van der Waals surface area contributed by atoms with Crippen LogP contribution in [0.4, 0.5) is 4.39 Å². The fraction of sp³-hybridized carbons (Fsp3) is 0.500. The summed E-state index contributed by atoms with van der Waals surface area (Å²) in [5, 5.41) is 2.74. The zero-order valence-electron chi connectivity index (χ0n) is 25.5. The second kappa shape index (κ2) is 17.5. The first-order valence-corrected chi connectivity index (χ1v) is 18.1. The normalized spacial score (nSPS) is 13.6. The van der Waals surface area contributed by atoms with Gasteiger partial charge in [0.1, 0.15) is 22.8 Å². The Kier molecular flexibility index (Phi) is 15.1. The maximum absolute atomic E-state index is 14.0. The molecule has 0 bridgehead atoms. The number of hydrogen-bond acceptors (Lipinski definition) is 8. The van der Waals surface area contributed by atoms with Gasteiger partial charge in [-0.05, 0) is 63.6 Å². The van der Waals surface area contributed by atoms with Gasteiger partial charge in [0.25, 0.3) is 0 Å². The summed E-state index contributed by atoms with van der Waals surface area (Å²) in [6.45, 7) is 7.00. The molecule has 0 heterocycles. The molecular formula is C28H39Cl2FN4O8S2. The van der Waals surface area contributed by atoms with E-state index in [0.717, 1.165) is 18.4 Å². The summed E-state index contributed by atoms with van der Waals surface area (Å²) in [4.78, 5) is 28.4. The van der Waals surface area contributed by atoms with Crippen molar-refractivity contribution in [2.24, 2.45) is 0 Å². The Morgan fingerprint density at radius 1 is 0.956 bits per heavy atom. The van der Waals surface area contributed by atoms with E-state index in [9.17, 15) is 30.8 Å². The molecule has 2 unspecified atom stereocenters. The van der Waals surface area contributed by atoms with Gasteiger partial charge in [-0.1, -0.05) is 35.3 Å². The minimum absolute atomic E-state index is 0.0187. The van der Waals surface area contributed by atoms with Gasteiger partial charge in [0.2, 0.25) is 31.9 Å². The largest absolute Gasteiger partial charge is 0.351 e. The average molecular weight is 714 g/mol. The van der Waals surface area contributed by atoms with E-state index in [1.54, 1.807) is 52.0 Å². The predicted molar refractivity (Wildman–Crippen MR) is 169 cm³/mol. The zero-order chi connectivity index (χ0) is 33.9. The van der Waals surface area contributed by atoms with Crippen LogP contribution in [0.1, 0.15) is 33.3 Å². The fourth-order valence-electron chi connectivity index (χ4n) is 4.17. The highest BCUT2D eigenvalue weighted by atomic mass is 35.5. The third-order valence-electron chi connectivity index (χ3n) is 6.26. The molecule has 2 rings (SSSR count). The van der Waals surface area contributed by atoms with Gasteiger partial charge >= 0.3 is 0 Å². The molecule has 252 valence electrons. The molecule has 0 aliphatic heterocycles. The van der Waals surface area contributed by atoms with E-state index in [1.165, 1.54) is 4.90 Å². The molecule has 2 amide bonds. The number of benzene rings is 2. The lowest BCUT2D eigenvalue weighted by atomic mass is 10.0. The van der Waals surface area contributed by atoms with Gasteiger partial charge in [-0.3, -0.25) is 9.59 Å². The van der Waals surface area contributed by atoms with Crippen LogP contribution in [0.5, 0.6) is 0 Å². The topological polar surface area (TPSA) is 160 Å². The highest BCUT2D eigenvalue weighted by Gasteiger charge is 2.33. The third-order valence-corrected chi connectivity index (χ3v) is 9.13. The molecule has 0 aliphatic carbocycles. The molecule has 3 N–H and O–H groups in total. The van der Waals surface area contributed by atoms with Crippen molar-refractivity contribution >= 4 is 55.1 Å². The fourth-order valence-corrected chi connectivity index (χ4v) is 6.56. The van der Waals surface area contributed by atoms with Crippen molar-refractivity contribution in [2.75, 3.05) is 32.6 Å². The van der Waals surface area contributed by atoms with Crippen LogP contribution in [0.2, 0.25) is 10.0 Å². The Labute approximate surface area is 274 Å². The molecule has 17 heteroatoms. The van der Waals surface area contributed by atoms with Crippen LogP contribution in [0.15, 0.2) is 47.4 Å². The van der Waals surface area contributed by atoms with E-state index in [4.69, 9.17) is 32.7 Å². The van der Waals surface area contributed by atoms with Gasteiger partial charge < -0.3 is 19.7 Å². The number of rotatable bonds is 18.